The van der Waals surface area contributed by atoms with Gasteiger partial charge in [-0.25, -0.2) is 0 Å². The lowest BCUT2D eigenvalue weighted by atomic mass is 9.89. The summed E-state index contributed by atoms with van der Waals surface area (Å²) < 4.78 is 45.9. The minimum Gasteiger partial charge on any atom is -0.508 e. The Morgan fingerprint density at radius 2 is 1.40 bits per heavy atom. The van der Waals surface area contributed by atoms with Crippen LogP contribution in [-0.2, 0) is 34.9 Å². The second-order valence-corrected chi connectivity index (χ2v) is 15.9. The Bertz CT molecular complexity index is 2360. The van der Waals surface area contributed by atoms with E-state index in [0.29, 0.717) is 11.1 Å². The molecule has 4 heterocycles. The molecular weight excluding hydrogens is 868 g/mol. The van der Waals surface area contributed by atoms with E-state index in [-0.39, 0.29) is 41.4 Å². The van der Waals surface area contributed by atoms with Gasteiger partial charge >= 0.3 is 5.97 Å². The highest BCUT2D eigenvalue weighted by atomic mass is 16.7. The number of hydrogen-bond acceptors (Lipinski definition) is 22. The van der Waals surface area contributed by atoms with Crippen molar-refractivity contribution in [3.8, 4) is 40.1 Å². The molecule has 15 atom stereocenters. The molecule has 0 spiro atoms. The van der Waals surface area contributed by atoms with Crippen molar-refractivity contribution in [1.82, 2.24) is 0 Å². The number of aromatic hydroxyl groups is 3. The number of aryl methyl sites for hydroxylation is 1. The molecule has 7 rings (SSSR count). The van der Waals surface area contributed by atoms with Gasteiger partial charge in [-0.15, -0.1) is 0 Å². The number of ether oxygens (including phenoxy) is 7. The van der Waals surface area contributed by atoms with Crippen LogP contribution in [0.25, 0.3) is 22.3 Å². The molecule has 354 valence electrons. The third kappa shape index (κ3) is 9.71. The number of carbonyl (C=O) groups is 1. The van der Waals surface area contributed by atoms with Crippen LogP contribution >= 0.6 is 0 Å². The Hall–Kier alpha value is -5.18. The minimum absolute atomic E-state index is 0.0631. The molecule has 0 radical (unpaired) electrons. The van der Waals surface area contributed by atoms with E-state index in [0.717, 1.165) is 12.1 Å². The summed E-state index contributed by atoms with van der Waals surface area (Å²) in [5, 5.41) is 129. The van der Waals surface area contributed by atoms with Crippen LogP contribution in [0.3, 0.4) is 0 Å². The molecule has 3 fully saturated rings. The molecule has 12 N–H and O–H groups in total. The molecule has 22 heteroatoms. The van der Waals surface area contributed by atoms with E-state index in [2.05, 4.69) is 0 Å². The summed E-state index contributed by atoms with van der Waals surface area (Å²) >= 11 is 0. The van der Waals surface area contributed by atoms with Gasteiger partial charge in [-0.1, -0.05) is 6.07 Å². The summed E-state index contributed by atoms with van der Waals surface area (Å²) in [5.74, 6) is -2.39. The number of carbonyl (C=O) groups excluding carboxylic acids is 1. The first-order chi connectivity index (χ1) is 30.9. The van der Waals surface area contributed by atoms with E-state index >= 15 is 0 Å². The van der Waals surface area contributed by atoms with Crippen molar-refractivity contribution in [2.24, 2.45) is 0 Å². The Balaban J connectivity index is 1.25. The number of phenolic OH excluding ortho intramolecular Hbond substituents is 3. The van der Waals surface area contributed by atoms with Gasteiger partial charge in [0.05, 0.1) is 25.4 Å². The van der Waals surface area contributed by atoms with Crippen LogP contribution in [0.2, 0.25) is 0 Å². The van der Waals surface area contributed by atoms with Gasteiger partial charge in [-0.05, 0) is 55.3 Å². The highest BCUT2D eigenvalue weighted by Crippen LogP contribution is 2.47. The van der Waals surface area contributed by atoms with Gasteiger partial charge in [0.15, 0.2) is 23.2 Å². The lowest BCUT2D eigenvalue weighted by molar-refractivity contribution is -0.338. The maximum atomic E-state index is 13.8. The SMILES string of the molecule is COc1cc(CCC(=O)OC[C@H]2O[C@@H](Oc3cc4oc(-c5ccc(O)cc5)cc(=O)c4c(O)c3[C@@H]3O[C@H](CO)[C@@H](O)[C@H](O)[C@H]3O[C@@H]3O[C@@H](C)[C@H](O)[C@@H](O)[C@H]3O)[C@H](O)[C@@H](O)[C@@H]2O)ccc1O. The van der Waals surface area contributed by atoms with Crippen LogP contribution in [0.15, 0.2) is 63.8 Å². The van der Waals surface area contributed by atoms with Crippen molar-refractivity contribution in [1.29, 1.82) is 0 Å². The number of aliphatic hydroxyl groups is 9. The molecule has 0 saturated carbocycles. The predicted molar refractivity (Wildman–Crippen MR) is 216 cm³/mol. The van der Waals surface area contributed by atoms with Crippen molar-refractivity contribution in [2.75, 3.05) is 20.3 Å². The Labute approximate surface area is 368 Å². The molecule has 65 heavy (non-hydrogen) atoms. The van der Waals surface area contributed by atoms with E-state index in [1.54, 1.807) is 6.07 Å². The number of benzene rings is 3. The zero-order valence-corrected chi connectivity index (χ0v) is 34.6. The third-order valence-corrected chi connectivity index (χ3v) is 11.6. The maximum absolute atomic E-state index is 13.8. The van der Waals surface area contributed by atoms with E-state index in [4.69, 9.17) is 37.6 Å². The van der Waals surface area contributed by atoms with Gasteiger partial charge in [-0.3, -0.25) is 9.59 Å². The molecule has 22 nitrogen and oxygen atoms in total. The maximum Gasteiger partial charge on any atom is 0.306 e. The van der Waals surface area contributed by atoms with E-state index < -0.39 is 139 Å². The van der Waals surface area contributed by atoms with Crippen LogP contribution in [0.5, 0.6) is 28.7 Å². The normalized spacial score (nSPS) is 32.8. The van der Waals surface area contributed by atoms with Crippen LogP contribution in [0.4, 0.5) is 0 Å². The summed E-state index contributed by atoms with van der Waals surface area (Å²) in [5.41, 5.74) is -0.892. The Kier molecular flexibility index (Phi) is 14.5. The monoisotopic (exact) mass is 918 g/mol. The smallest absolute Gasteiger partial charge is 0.306 e. The first-order valence-corrected chi connectivity index (χ1v) is 20.4. The van der Waals surface area contributed by atoms with E-state index in [1.165, 1.54) is 50.4 Å². The molecule has 3 saturated heterocycles. The number of fused-ring (bicyclic) bond motifs is 1. The largest absolute Gasteiger partial charge is 0.508 e. The van der Waals surface area contributed by atoms with Crippen LogP contribution in [0, 0.1) is 0 Å². The lowest BCUT2D eigenvalue weighted by Gasteiger charge is -2.46. The first-order valence-electron chi connectivity index (χ1n) is 20.4. The molecule has 0 bridgehead atoms. The summed E-state index contributed by atoms with van der Waals surface area (Å²) in [7, 11) is 1.36. The fourth-order valence-corrected chi connectivity index (χ4v) is 7.84. The fraction of sp³-hybridized carbons (Fsp3) is 0.488. The Morgan fingerprint density at radius 1 is 0.723 bits per heavy atom. The quantitative estimate of drug-likeness (QED) is 0.0666. The highest BCUT2D eigenvalue weighted by Gasteiger charge is 2.52. The summed E-state index contributed by atoms with van der Waals surface area (Å²) in [6.07, 6.45) is -27.4. The summed E-state index contributed by atoms with van der Waals surface area (Å²) in [6, 6.07) is 12.0. The zero-order chi connectivity index (χ0) is 47.0. The lowest BCUT2D eigenvalue weighted by Crippen LogP contribution is -2.62. The number of rotatable bonds is 13. The van der Waals surface area contributed by atoms with Gasteiger partial charge < -0.3 is 98.9 Å². The van der Waals surface area contributed by atoms with Crippen molar-refractivity contribution >= 4 is 16.9 Å². The van der Waals surface area contributed by atoms with Crippen LogP contribution in [0.1, 0.15) is 30.6 Å². The number of esters is 1. The fourth-order valence-electron chi connectivity index (χ4n) is 7.84. The van der Waals surface area contributed by atoms with Crippen molar-refractivity contribution in [2.45, 2.75) is 112 Å². The molecule has 4 aromatic rings. The molecular formula is C43H50O22. The molecule has 0 amide bonds. The Morgan fingerprint density at radius 3 is 2.09 bits per heavy atom. The third-order valence-electron chi connectivity index (χ3n) is 11.6. The molecule has 0 aliphatic carbocycles. The zero-order valence-electron chi connectivity index (χ0n) is 34.6. The number of hydrogen-bond donors (Lipinski definition) is 12. The standard InChI is InChI=1S/C43H50O22/c1-16-31(49)35(53)38(56)42(60-16)65-41-37(55)32(50)26(14-44)62-40(41)30-25(13-24-29(34(30)52)21(47)12-22(61-24)18-5-7-19(45)8-6-18)63-43-39(57)36(54)33(51)27(64-43)15-59-28(48)10-4-17-3-9-20(46)23(11-17)58-2/h3,5-9,11-13,16,26-27,31-33,35-46,49-57H,4,10,14-15H2,1-2H3/t16-,26+,27+,31-,32+,33+,35+,36-,37-,38+,39+,40-,41+,42-,43+/m0/s1. The second-order valence-electron chi connectivity index (χ2n) is 15.9. The van der Waals surface area contributed by atoms with E-state index in [1.807, 2.05) is 0 Å². The molecule has 3 aliphatic rings. The predicted octanol–water partition coefficient (Wildman–Crippen LogP) is -1.69. The van der Waals surface area contributed by atoms with E-state index in [9.17, 15) is 70.9 Å². The van der Waals surface area contributed by atoms with Gasteiger partial charge in [0, 0.05) is 24.1 Å². The van der Waals surface area contributed by atoms with Crippen LogP contribution in [-0.4, -0.2) is 173 Å². The molecule has 0 unspecified atom stereocenters. The molecule has 3 aromatic carbocycles. The minimum atomic E-state index is -2.08. The highest BCUT2D eigenvalue weighted by molar-refractivity contribution is 5.88. The van der Waals surface area contributed by atoms with Gasteiger partial charge in [-0.2, -0.15) is 0 Å². The van der Waals surface area contributed by atoms with Crippen molar-refractivity contribution in [3.05, 3.63) is 75.9 Å². The van der Waals surface area contributed by atoms with Crippen molar-refractivity contribution < 1.29 is 104 Å². The topological polar surface area (TPSA) is 355 Å². The summed E-state index contributed by atoms with van der Waals surface area (Å²) in [6.45, 7) is -0.280. The number of aliphatic hydroxyl groups excluding tert-OH is 9. The molecule has 1 aromatic heterocycles. The molecule has 3 aliphatic heterocycles. The number of phenols is 3. The van der Waals surface area contributed by atoms with Crippen LogP contribution < -0.4 is 14.9 Å². The van der Waals surface area contributed by atoms with Gasteiger partial charge in [0.2, 0.25) is 6.29 Å². The second kappa shape index (κ2) is 19.7. The average Bonchev–Trinajstić information content (AvgIpc) is 3.28. The number of methoxy groups -OCH3 is 1. The first kappa shape index (κ1) is 47.8. The summed E-state index contributed by atoms with van der Waals surface area (Å²) in [4.78, 5) is 26.7. The van der Waals surface area contributed by atoms with Gasteiger partial charge in [0.25, 0.3) is 0 Å². The van der Waals surface area contributed by atoms with Crippen molar-refractivity contribution in [3.63, 3.8) is 0 Å². The van der Waals surface area contributed by atoms with Gasteiger partial charge in [0.1, 0.15) is 114 Å². The average molecular weight is 919 g/mol.